The van der Waals surface area contributed by atoms with Crippen LogP contribution in [0.4, 0.5) is 0 Å². The zero-order chi connectivity index (χ0) is 10.6. The van der Waals surface area contributed by atoms with Gasteiger partial charge in [-0.2, -0.15) is 0 Å². The van der Waals surface area contributed by atoms with E-state index in [9.17, 15) is 0 Å². The van der Waals surface area contributed by atoms with Gasteiger partial charge in [0.15, 0.2) is 0 Å². The van der Waals surface area contributed by atoms with Crippen molar-refractivity contribution >= 4 is 11.6 Å². The first-order valence-corrected chi connectivity index (χ1v) is 5.67. The Morgan fingerprint density at radius 2 is 2.29 bits per heavy atom. The van der Waals surface area contributed by atoms with Crippen LogP contribution in [0.3, 0.4) is 0 Å². The first-order chi connectivity index (χ1) is 6.61. The van der Waals surface area contributed by atoms with E-state index < -0.39 is 0 Å². The molecule has 1 rings (SSSR count). The Bertz CT molecular complexity index is 277. The highest BCUT2D eigenvalue weighted by molar-refractivity contribution is 6.18. The van der Waals surface area contributed by atoms with Crippen LogP contribution in [-0.2, 0) is 13.5 Å². The molecule has 0 amide bonds. The van der Waals surface area contributed by atoms with Crippen LogP contribution in [0.15, 0.2) is 12.4 Å². The van der Waals surface area contributed by atoms with E-state index in [4.69, 9.17) is 11.6 Å². The van der Waals surface area contributed by atoms with Crippen molar-refractivity contribution < 1.29 is 0 Å². The molecule has 1 aromatic heterocycles. The first-order valence-electron chi connectivity index (χ1n) is 5.13. The number of alkyl halides is 1. The molecular weight excluding hydrogens is 196 g/mol. The van der Waals surface area contributed by atoms with E-state index in [2.05, 4.69) is 23.4 Å². The monoisotopic (exact) mass is 214 g/mol. The standard InChI is InChI=1S/C11H19ClN2/c1-4-11(2,9-12)6-5-10-13-7-8-14(10)3/h7-8H,4-6,9H2,1-3H3. The molecule has 1 atom stereocenters. The molecule has 0 aliphatic carbocycles. The van der Waals surface area contributed by atoms with E-state index in [1.54, 1.807) is 0 Å². The third-order valence-electron chi connectivity index (χ3n) is 3.05. The van der Waals surface area contributed by atoms with Gasteiger partial charge in [0.25, 0.3) is 0 Å². The number of rotatable bonds is 5. The Hall–Kier alpha value is -0.500. The van der Waals surface area contributed by atoms with Gasteiger partial charge in [0.2, 0.25) is 0 Å². The molecule has 0 fully saturated rings. The van der Waals surface area contributed by atoms with Crippen molar-refractivity contribution in [1.82, 2.24) is 9.55 Å². The van der Waals surface area contributed by atoms with E-state index in [0.29, 0.717) is 0 Å². The lowest BCUT2D eigenvalue weighted by molar-refractivity contribution is 0.324. The summed E-state index contributed by atoms with van der Waals surface area (Å²) in [5.74, 6) is 1.88. The topological polar surface area (TPSA) is 17.8 Å². The van der Waals surface area contributed by atoms with Crippen LogP contribution in [0.1, 0.15) is 32.5 Å². The minimum atomic E-state index is 0.257. The van der Waals surface area contributed by atoms with Crippen molar-refractivity contribution in [3.63, 3.8) is 0 Å². The lowest BCUT2D eigenvalue weighted by Crippen LogP contribution is -2.19. The Morgan fingerprint density at radius 3 is 2.71 bits per heavy atom. The molecule has 0 bridgehead atoms. The Balaban J connectivity index is 2.52. The zero-order valence-electron chi connectivity index (χ0n) is 9.26. The minimum absolute atomic E-state index is 0.257. The molecule has 1 aromatic rings. The van der Waals surface area contributed by atoms with Crippen molar-refractivity contribution in [2.45, 2.75) is 33.1 Å². The molecule has 0 radical (unpaired) electrons. The molecule has 2 nitrogen and oxygen atoms in total. The van der Waals surface area contributed by atoms with E-state index >= 15 is 0 Å². The van der Waals surface area contributed by atoms with Crippen molar-refractivity contribution in [2.24, 2.45) is 12.5 Å². The van der Waals surface area contributed by atoms with E-state index in [1.165, 1.54) is 0 Å². The van der Waals surface area contributed by atoms with Gasteiger partial charge in [-0.25, -0.2) is 4.98 Å². The van der Waals surface area contributed by atoms with Crippen LogP contribution in [-0.4, -0.2) is 15.4 Å². The second-order valence-corrected chi connectivity index (χ2v) is 4.52. The van der Waals surface area contributed by atoms with Crippen LogP contribution in [0.5, 0.6) is 0 Å². The van der Waals surface area contributed by atoms with Gasteiger partial charge in [0.05, 0.1) is 0 Å². The van der Waals surface area contributed by atoms with Crippen molar-refractivity contribution in [3.05, 3.63) is 18.2 Å². The Kier molecular flexibility index (Phi) is 3.99. The molecule has 0 aromatic carbocycles. The fourth-order valence-corrected chi connectivity index (χ4v) is 1.71. The number of aromatic nitrogens is 2. The summed E-state index contributed by atoms with van der Waals surface area (Å²) < 4.78 is 2.07. The van der Waals surface area contributed by atoms with E-state index in [-0.39, 0.29) is 5.41 Å². The maximum absolute atomic E-state index is 5.96. The lowest BCUT2D eigenvalue weighted by Gasteiger charge is -2.24. The smallest absolute Gasteiger partial charge is 0.108 e. The molecule has 0 aliphatic rings. The molecule has 1 heterocycles. The van der Waals surface area contributed by atoms with Gasteiger partial charge in [0.1, 0.15) is 5.82 Å². The van der Waals surface area contributed by atoms with Crippen molar-refractivity contribution in [1.29, 1.82) is 0 Å². The summed E-state index contributed by atoms with van der Waals surface area (Å²) in [4.78, 5) is 4.31. The lowest BCUT2D eigenvalue weighted by atomic mass is 9.85. The summed E-state index contributed by atoms with van der Waals surface area (Å²) in [5.41, 5.74) is 0.257. The summed E-state index contributed by atoms with van der Waals surface area (Å²) in [6, 6.07) is 0. The molecule has 0 spiro atoms. The summed E-state index contributed by atoms with van der Waals surface area (Å²) >= 11 is 5.96. The zero-order valence-corrected chi connectivity index (χ0v) is 10.0. The fraction of sp³-hybridized carbons (Fsp3) is 0.727. The Morgan fingerprint density at radius 1 is 1.57 bits per heavy atom. The van der Waals surface area contributed by atoms with Gasteiger partial charge >= 0.3 is 0 Å². The Labute approximate surface area is 91.3 Å². The minimum Gasteiger partial charge on any atom is -0.338 e. The van der Waals surface area contributed by atoms with Crippen molar-refractivity contribution in [2.75, 3.05) is 5.88 Å². The molecule has 0 N–H and O–H groups in total. The number of imidazole rings is 1. The van der Waals surface area contributed by atoms with Crippen LogP contribution >= 0.6 is 11.6 Å². The van der Waals surface area contributed by atoms with Crippen LogP contribution in [0.25, 0.3) is 0 Å². The number of aryl methyl sites for hydroxylation is 2. The third kappa shape index (κ3) is 2.74. The van der Waals surface area contributed by atoms with Crippen LogP contribution in [0.2, 0.25) is 0 Å². The molecular formula is C11H19ClN2. The molecule has 3 heteroatoms. The number of hydrogen-bond acceptors (Lipinski definition) is 1. The van der Waals surface area contributed by atoms with Crippen LogP contribution < -0.4 is 0 Å². The summed E-state index contributed by atoms with van der Waals surface area (Å²) in [5, 5.41) is 0. The first kappa shape index (κ1) is 11.6. The second-order valence-electron chi connectivity index (χ2n) is 4.25. The maximum atomic E-state index is 5.96. The van der Waals surface area contributed by atoms with Crippen LogP contribution in [0, 0.1) is 5.41 Å². The maximum Gasteiger partial charge on any atom is 0.108 e. The van der Waals surface area contributed by atoms with Gasteiger partial charge in [0, 0.05) is 31.7 Å². The summed E-state index contributed by atoms with van der Waals surface area (Å²) in [6.07, 6.45) is 7.08. The van der Waals surface area contributed by atoms with Gasteiger partial charge in [-0.15, -0.1) is 11.6 Å². The predicted octanol–water partition coefficient (Wildman–Crippen LogP) is 3.01. The highest BCUT2D eigenvalue weighted by atomic mass is 35.5. The SMILES string of the molecule is CCC(C)(CCl)CCc1nccn1C. The average Bonchev–Trinajstić information content (AvgIpc) is 2.61. The van der Waals surface area contributed by atoms with Gasteiger partial charge in [-0.1, -0.05) is 13.8 Å². The van der Waals surface area contributed by atoms with E-state index in [1.807, 2.05) is 19.4 Å². The van der Waals surface area contributed by atoms with Gasteiger partial charge in [-0.05, 0) is 18.3 Å². The summed E-state index contributed by atoms with van der Waals surface area (Å²) in [6.45, 7) is 4.43. The van der Waals surface area contributed by atoms with Gasteiger partial charge in [-0.3, -0.25) is 0 Å². The molecule has 80 valence electrons. The fourth-order valence-electron chi connectivity index (χ4n) is 1.39. The van der Waals surface area contributed by atoms with Crippen molar-refractivity contribution in [3.8, 4) is 0 Å². The average molecular weight is 215 g/mol. The molecule has 1 unspecified atom stereocenters. The quantitative estimate of drug-likeness (QED) is 0.690. The molecule has 0 saturated carbocycles. The summed E-state index contributed by atoms with van der Waals surface area (Å²) in [7, 11) is 2.03. The normalized spacial score (nSPS) is 15.4. The molecule has 0 aliphatic heterocycles. The number of hydrogen-bond donors (Lipinski definition) is 0. The largest absolute Gasteiger partial charge is 0.338 e. The molecule has 14 heavy (non-hydrogen) atoms. The number of nitrogens with zero attached hydrogens (tertiary/aromatic N) is 2. The predicted molar refractivity (Wildman–Crippen MR) is 60.6 cm³/mol. The van der Waals surface area contributed by atoms with Gasteiger partial charge < -0.3 is 4.57 Å². The highest BCUT2D eigenvalue weighted by Gasteiger charge is 2.21. The number of halogens is 1. The van der Waals surface area contributed by atoms with E-state index in [0.717, 1.165) is 31.0 Å². The second kappa shape index (κ2) is 4.83. The third-order valence-corrected chi connectivity index (χ3v) is 3.69. The molecule has 0 saturated heterocycles. The highest BCUT2D eigenvalue weighted by Crippen LogP contribution is 2.28.